The van der Waals surface area contributed by atoms with Crippen molar-refractivity contribution in [2.45, 2.75) is 11.6 Å². The lowest BCUT2D eigenvalue weighted by Gasteiger charge is -2.28. The zero-order chi connectivity index (χ0) is 23.2. The summed E-state index contributed by atoms with van der Waals surface area (Å²) >= 11 is 2.82. The predicted octanol–water partition coefficient (Wildman–Crippen LogP) is 2.31. The molecule has 9 nitrogen and oxygen atoms in total. The molecule has 33 heavy (non-hydrogen) atoms. The van der Waals surface area contributed by atoms with Gasteiger partial charge >= 0.3 is 5.97 Å². The molecule has 2 aromatic rings. The molecule has 0 radical (unpaired) electrons. The minimum Gasteiger partial charge on any atom is -0.466 e. The zero-order valence-electron chi connectivity index (χ0n) is 18.1. The molecule has 0 aliphatic carbocycles. The highest BCUT2D eigenvalue weighted by atomic mass is 32.2. The van der Waals surface area contributed by atoms with Crippen molar-refractivity contribution < 1.29 is 23.5 Å². The van der Waals surface area contributed by atoms with Gasteiger partial charge in [-0.3, -0.25) is 9.36 Å². The number of esters is 1. The first-order valence-electron chi connectivity index (χ1n) is 10.5. The summed E-state index contributed by atoms with van der Waals surface area (Å²) in [7, 11) is 1.31. The molecule has 2 fully saturated rings. The van der Waals surface area contributed by atoms with Crippen LogP contribution in [0.4, 0.5) is 10.3 Å². The maximum Gasteiger partial charge on any atom is 0.333 e. The largest absolute Gasteiger partial charge is 0.466 e. The third-order valence-corrected chi connectivity index (χ3v) is 7.13. The second-order valence-corrected chi connectivity index (χ2v) is 9.30. The third-order valence-electron chi connectivity index (χ3n) is 5.09. The van der Waals surface area contributed by atoms with Crippen LogP contribution in [0.25, 0.3) is 5.69 Å². The van der Waals surface area contributed by atoms with Crippen LogP contribution >= 0.6 is 23.5 Å². The number of halogens is 1. The molecule has 0 saturated carbocycles. The van der Waals surface area contributed by atoms with E-state index in [0.29, 0.717) is 72.6 Å². The van der Waals surface area contributed by atoms with E-state index in [9.17, 15) is 14.0 Å². The quantitative estimate of drug-likeness (QED) is 0.238. The fraction of sp³-hybridized carbons (Fsp3) is 0.429. The molecule has 1 aromatic carbocycles. The number of ether oxygens (including phenoxy) is 2. The van der Waals surface area contributed by atoms with Gasteiger partial charge in [0.1, 0.15) is 5.82 Å². The van der Waals surface area contributed by atoms with Crippen molar-refractivity contribution in [1.82, 2.24) is 19.7 Å². The number of thioether (sulfide) groups is 2. The number of morpholine rings is 1. The number of nitrogens with zero attached hydrogens (tertiary/aromatic N) is 5. The van der Waals surface area contributed by atoms with Gasteiger partial charge in [0.15, 0.2) is 5.16 Å². The van der Waals surface area contributed by atoms with Crippen LogP contribution in [-0.4, -0.2) is 83.0 Å². The maximum absolute atomic E-state index is 14.0. The van der Waals surface area contributed by atoms with E-state index >= 15 is 0 Å². The Balaban J connectivity index is 1.46. The van der Waals surface area contributed by atoms with Crippen molar-refractivity contribution in [3.8, 4) is 5.69 Å². The Morgan fingerprint density at radius 1 is 1.33 bits per heavy atom. The topological polar surface area (TPSA) is 89.8 Å². The first kappa shape index (κ1) is 23.6. The summed E-state index contributed by atoms with van der Waals surface area (Å²) in [6.45, 7) is 3.04. The van der Waals surface area contributed by atoms with Crippen LogP contribution in [0.5, 0.6) is 0 Å². The summed E-state index contributed by atoms with van der Waals surface area (Å²) in [5.74, 6) is 0.785. The number of carbonyl (C=O) groups is 2. The number of hydrogen-bond acceptors (Lipinski definition) is 9. The molecule has 0 spiro atoms. The molecular weight excluding hydrogens is 469 g/mol. The van der Waals surface area contributed by atoms with Crippen molar-refractivity contribution in [3.05, 3.63) is 41.2 Å². The van der Waals surface area contributed by atoms with E-state index in [0.717, 1.165) is 0 Å². The number of anilines is 1. The maximum atomic E-state index is 14.0. The Kier molecular flexibility index (Phi) is 7.89. The van der Waals surface area contributed by atoms with Crippen molar-refractivity contribution in [2.24, 2.45) is 0 Å². The summed E-state index contributed by atoms with van der Waals surface area (Å²) in [4.78, 5) is 27.4. The van der Waals surface area contributed by atoms with Gasteiger partial charge in [0, 0.05) is 25.4 Å². The van der Waals surface area contributed by atoms with E-state index in [4.69, 9.17) is 4.74 Å². The first-order chi connectivity index (χ1) is 16.1. The van der Waals surface area contributed by atoms with Crippen LogP contribution in [-0.2, 0) is 19.1 Å². The molecule has 0 atom stereocenters. The van der Waals surface area contributed by atoms with Gasteiger partial charge < -0.3 is 19.3 Å². The number of hydrogen-bond donors (Lipinski definition) is 0. The SMILES string of the molecule is COC(=O)/C=C1/SCC(=O)N1CCCSc1nnc(N2CCOCC2)n1-c1cccc(F)c1. The number of rotatable bonds is 8. The van der Waals surface area contributed by atoms with Crippen molar-refractivity contribution in [2.75, 3.05) is 56.4 Å². The Hall–Kier alpha value is -2.57. The Labute approximate surface area is 199 Å². The standard InChI is InChI=1S/C21H24FN5O4S2/c1-30-19(29)13-18-26(17(28)14-33-18)6-3-11-32-21-24-23-20(25-7-9-31-10-8-25)27(21)16-5-2-4-15(22)12-16/h2,4-5,12-13H,3,6-11,14H2,1H3/b18-13+. The average Bonchev–Trinajstić information content (AvgIpc) is 3.40. The molecule has 2 saturated heterocycles. The van der Waals surface area contributed by atoms with Crippen LogP contribution in [0.3, 0.4) is 0 Å². The highest BCUT2D eigenvalue weighted by molar-refractivity contribution is 8.04. The van der Waals surface area contributed by atoms with Crippen LogP contribution in [0, 0.1) is 5.82 Å². The fourth-order valence-corrected chi connectivity index (χ4v) is 5.31. The lowest BCUT2D eigenvalue weighted by atomic mass is 10.3. The molecule has 0 bridgehead atoms. The van der Waals surface area contributed by atoms with E-state index in [1.54, 1.807) is 11.0 Å². The molecule has 12 heteroatoms. The van der Waals surface area contributed by atoms with Gasteiger partial charge in [-0.2, -0.15) is 0 Å². The monoisotopic (exact) mass is 493 g/mol. The zero-order valence-corrected chi connectivity index (χ0v) is 19.7. The summed E-state index contributed by atoms with van der Waals surface area (Å²) in [6, 6.07) is 6.35. The summed E-state index contributed by atoms with van der Waals surface area (Å²) in [5, 5.41) is 9.99. The number of carbonyl (C=O) groups excluding carboxylic acids is 2. The van der Waals surface area contributed by atoms with Gasteiger partial charge in [-0.05, 0) is 24.6 Å². The van der Waals surface area contributed by atoms with Gasteiger partial charge in [-0.15, -0.1) is 10.2 Å². The minimum atomic E-state index is -0.481. The molecule has 3 heterocycles. The lowest BCUT2D eigenvalue weighted by molar-refractivity contribution is -0.134. The van der Waals surface area contributed by atoms with Crippen molar-refractivity contribution in [3.63, 3.8) is 0 Å². The van der Waals surface area contributed by atoms with Crippen molar-refractivity contribution >= 4 is 41.3 Å². The van der Waals surface area contributed by atoms with E-state index in [-0.39, 0.29) is 11.7 Å². The summed E-state index contributed by atoms with van der Waals surface area (Å²) in [5.41, 5.74) is 0.651. The fourth-order valence-electron chi connectivity index (χ4n) is 3.48. The smallest absolute Gasteiger partial charge is 0.333 e. The van der Waals surface area contributed by atoms with Crippen molar-refractivity contribution in [1.29, 1.82) is 0 Å². The highest BCUT2D eigenvalue weighted by Gasteiger charge is 2.27. The van der Waals surface area contributed by atoms with Crippen LogP contribution in [0.1, 0.15) is 6.42 Å². The molecule has 0 N–H and O–H groups in total. The lowest BCUT2D eigenvalue weighted by Crippen LogP contribution is -2.37. The molecule has 2 aliphatic heterocycles. The predicted molar refractivity (Wildman–Crippen MR) is 124 cm³/mol. The van der Waals surface area contributed by atoms with Gasteiger partial charge in [0.05, 0.1) is 42.9 Å². The Morgan fingerprint density at radius 2 is 2.15 bits per heavy atom. The van der Waals surface area contributed by atoms with Gasteiger partial charge in [0.25, 0.3) is 0 Å². The number of aromatic nitrogens is 3. The van der Waals surface area contributed by atoms with Crippen LogP contribution < -0.4 is 4.90 Å². The van der Waals surface area contributed by atoms with Crippen LogP contribution in [0.15, 0.2) is 40.5 Å². The van der Waals surface area contributed by atoms with E-state index in [1.807, 2.05) is 10.6 Å². The normalized spacial score (nSPS) is 17.8. The summed E-state index contributed by atoms with van der Waals surface area (Å²) in [6.07, 6.45) is 2.02. The second-order valence-electron chi connectivity index (χ2n) is 7.24. The Morgan fingerprint density at radius 3 is 2.91 bits per heavy atom. The van der Waals surface area contributed by atoms with Gasteiger partial charge in [-0.25, -0.2) is 9.18 Å². The molecular formula is C21H24FN5O4S2. The second kappa shape index (κ2) is 11.0. The van der Waals surface area contributed by atoms with Gasteiger partial charge in [0.2, 0.25) is 11.9 Å². The number of benzene rings is 1. The average molecular weight is 494 g/mol. The molecule has 4 rings (SSSR count). The van der Waals surface area contributed by atoms with Crippen LogP contribution in [0.2, 0.25) is 0 Å². The first-order valence-corrected chi connectivity index (χ1v) is 12.4. The third kappa shape index (κ3) is 5.68. The summed E-state index contributed by atoms with van der Waals surface area (Å²) < 4.78 is 25.9. The number of methoxy groups -OCH3 is 1. The molecule has 176 valence electrons. The minimum absolute atomic E-state index is 0.0299. The highest BCUT2D eigenvalue weighted by Crippen LogP contribution is 2.31. The molecule has 0 unspecified atom stereocenters. The van der Waals surface area contributed by atoms with E-state index < -0.39 is 5.97 Å². The Bertz CT molecular complexity index is 1040. The number of amides is 1. The molecule has 2 aliphatic rings. The van der Waals surface area contributed by atoms with E-state index in [1.165, 1.54) is 48.8 Å². The van der Waals surface area contributed by atoms with Gasteiger partial charge in [-0.1, -0.05) is 29.6 Å². The molecule has 1 amide bonds. The van der Waals surface area contributed by atoms with E-state index in [2.05, 4.69) is 19.8 Å². The molecule has 1 aromatic heterocycles.